The summed E-state index contributed by atoms with van der Waals surface area (Å²) in [7, 11) is 0. The summed E-state index contributed by atoms with van der Waals surface area (Å²) in [6.07, 6.45) is 0.394. The Morgan fingerprint density at radius 3 is 2.30 bits per heavy atom. The molecular formula is C33H31Cl2F3N4O5. The van der Waals surface area contributed by atoms with Crippen molar-refractivity contribution in [3.05, 3.63) is 99.4 Å². The lowest BCUT2D eigenvalue weighted by Crippen LogP contribution is -2.41. The Bertz CT molecular complexity index is 1680. The zero-order chi connectivity index (χ0) is 33.7. The number of carbonyl (C=O) groups excluding carboxylic acids is 2. The molecule has 248 valence electrons. The first-order valence-corrected chi connectivity index (χ1v) is 15.7. The maximum absolute atomic E-state index is 13.2. The van der Waals surface area contributed by atoms with Crippen LogP contribution in [0, 0.1) is 5.92 Å². The van der Waals surface area contributed by atoms with E-state index in [1.165, 1.54) is 18.2 Å². The average Bonchev–Trinajstić information content (AvgIpc) is 3.44. The smallest absolute Gasteiger partial charge is 0.481 e. The Labute approximate surface area is 278 Å². The van der Waals surface area contributed by atoms with Gasteiger partial charge in [-0.05, 0) is 73.4 Å². The first-order chi connectivity index (χ1) is 22.3. The molecule has 0 radical (unpaired) electrons. The lowest BCUT2D eigenvalue weighted by molar-refractivity contribution is -0.303. The van der Waals surface area contributed by atoms with Gasteiger partial charge >= 0.3 is 12.3 Å². The highest BCUT2D eigenvalue weighted by Crippen LogP contribution is 2.34. The van der Waals surface area contributed by atoms with Crippen LogP contribution in [0.3, 0.4) is 0 Å². The number of carbonyl (C=O) groups is 3. The Balaban J connectivity index is 1.29. The van der Waals surface area contributed by atoms with E-state index >= 15 is 0 Å². The summed E-state index contributed by atoms with van der Waals surface area (Å²) < 4.78 is 43.4. The predicted molar refractivity (Wildman–Crippen MR) is 169 cm³/mol. The molecule has 0 spiro atoms. The van der Waals surface area contributed by atoms with Gasteiger partial charge in [0.1, 0.15) is 5.76 Å². The number of halogens is 5. The summed E-state index contributed by atoms with van der Waals surface area (Å²) in [4.78, 5) is 38.1. The minimum atomic E-state index is -4.79. The second-order valence-electron chi connectivity index (χ2n) is 11.3. The number of likely N-dealkylation sites (tertiary alicyclic amines) is 1. The van der Waals surface area contributed by atoms with Gasteiger partial charge in [0.15, 0.2) is 0 Å². The fourth-order valence-electron chi connectivity index (χ4n) is 5.67. The van der Waals surface area contributed by atoms with E-state index in [4.69, 9.17) is 33.4 Å². The highest BCUT2D eigenvalue weighted by atomic mass is 35.5. The average molecular weight is 692 g/mol. The largest absolute Gasteiger partial charge is 0.573 e. The second kappa shape index (κ2) is 14.6. The summed E-state index contributed by atoms with van der Waals surface area (Å²) in [5, 5.41) is 17.2. The second-order valence-corrected chi connectivity index (χ2v) is 12.2. The molecule has 14 heteroatoms. The molecule has 0 saturated carbocycles. The third kappa shape index (κ3) is 9.17. The summed E-state index contributed by atoms with van der Waals surface area (Å²) in [5.74, 6) is -2.32. The fraction of sp³-hybridized carbons (Fsp3) is 0.333. The molecule has 47 heavy (non-hydrogen) atoms. The fourth-order valence-corrected chi connectivity index (χ4v) is 6.20. The van der Waals surface area contributed by atoms with Crippen molar-refractivity contribution < 1.29 is 37.4 Å². The number of carboxylic acids is 1. The number of rotatable bonds is 10. The molecule has 1 saturated heterocycles. The van der Waals surface area contributed by atoms with Crippen LogP contribution < -0.4 is 5.32 Å². The molecule has 2 aliphatic rings. The van der Waals surface area contributed by atoms with Crippen molar-refractivity contribution in [3.8, 4) is 11.3 Å². The van der Waals surface area contributed by atoms with Crippen molar-refractivity contribution in [2.24, 2.45) is 5.92 Å². The molecule has 1 aliphatic heterocycles. The van der Waals surface area contributed by atoms with Crippen molar-refractivity contribution in [2.75, 3.05) is 19.6 Å². The molecule has 2 heterocycles. The van der Waals surface area contributed by atoms with Crippen LogP contribution in [0.4, 0.5) is 13.2 Å². The van der Waals surface area contributed by atoms with Crippen LogP contribution in [0.2, 0.25) is 10.0 Å². The van der Waals surface area contributed by atoms with E-state index in [-0.39, 0.29) is 42.9 Å². The van der Waals surface area contributed by atoms with Gasteiger partial charge in [0.25, 0.3) is 5.91 Å². The topological polar surface area (TPSA) is 114 Å². The number of aromatic nitrogens is 2. The van der Waals surface area contributed by atoms with Crippen LogP contribution in [0.25, 0.3) is 11.3 Å². The van der Waals surface area contributed by atoms with Crippen LogP contribution in [0.1, 0.15) is 53.2 Å². The number of nitrogens with one attached hydrogen (secondary N) is 1. The number of alkyl halides is 3. The number of allylic oxidation sites excluding steroid dienone is 2. The van der Waals surface area contributed by atoms with Crippen LogP contribution in [-0.2, 0) is 20.9 Å². The molecule has 1 unspecified atom stereocenters. The highest BCUT2D eigenvalue weighted by Gasteiger charge is 2.34. The first kappa shape index (κ1) is 34.1. The third-order valence-corrected chi connectivity index (χ3v) is 8.42. The van der Waals surface area contributed by atoms with E-state index in [9.17, 15) is 27.6 Å². The number of hydrogen-bond acceptors (Lipinski definition) is 5. The number of aliphatic carboxylic acids is 1. The van der Waals surface area contributed by atoms with E-state index in [0.29, 0.717) is 53.8 Å². The van der Waals surface area contributed by atoms with E-state index in [1.54, 1.807) is 35.2 Å². The van der Waals surface area contributed by atoms with Gasteiger partial charge in [-0.1, -0.05) is 41.4 Å². The molecule has 1 aliphatic carbocycles. The summed E-state index contributed by atoms with van der Waals surface area (Å²) in [6, 6.07) is 14.1. The lowest BCUT2D eigenvalue weighted by atomic mass is 9.91. The molecule has 5 rings (SSSR count). The molecular weight excluding hydrogens is 660 g/mol. The first-order valence-electron chi connectivity index (χ1n) is 14.9. The van der Waals surface area contributed by atoms with E-state index in [2.05, 4.69) is 10.1 Å². The Morgan fingerprint density at radius 1 is 1.02 bits per heavy atom. The third-order valence-electron chi connectivity index (χ3n) is 7.98. The minimum Gasteiger partial charge on any atom is -0.481 e. The van der Waals surface area contributed by atoms with Crippen LogP contribution in [0.15, 0.2) is 72.5 Å². The number of carboxylic acid groups (broad SMARTS) is 1. The van der Waals surface area contributed by atoms with Gasteiger partial charge in [-0.3, -0.25) is 19.1 Å². The van der Waals surface area contributed by atoms with Gasteiger partial charge in [-0.25, -0.2) is 0 Å². The van der Waals surface area contributed by atoms with Crippen molar-refractivity contribution in [1.82, 2.24) is 20.0 Å². The molecule has 0 bridgehead atoms. The van der Waals surface area contributed by atoms with E-state index < -0.39 is 18.2 Å². The van der Waals surface area contributed by atoms with E-state index in [1.807, 2.05) is 22.9 Å². The summed E-state index contributed by atoms with van der Waals surface area (Å²) >= 11 is 12.6. The van der Waals surface area contributed by atoms with Crippen LogP contribution in [0.5, 0.6) is 0 Å². The maximum Gasteiger partial charge on any atom is 0.573 e. The van der Waals surface area contributed by atoms with Gasteiger partial charge in [-0.2, -0.15) is 5.10 Å². The normalized spacial score (nSPS) is 16.9. The quantitative estimate of drug-likeness (QED) is 0.242. The predicted octanol–water partition coefficient (Wildman–Crippen LogP) is 6.81. The zero-order valence-corrected chi connectivity index (χ0v) is 26.5. The minimum absolute atomic E-state index is 0.0273. The van der Waals surface area contributed by atoms with Gasteiger partial charge in [0, 0.05) is 52.4 Å². The number of amides is 2. The molecule has 1 aromatic heterocycles. The zero-order valence-electron chi connectivity index (χ0n) is 25.0. The highest BCUT2D eigenvalue weighted by molar-refractivity contribution is 6.35. The molecule has 1 atom stereocenters. The standard InChI is InChI=1S/C33H31Cl2F3N4O5/c34-25-15-24(16-26(35)17-25)28-18-29(42(40-28)19-20-1-3-22(4-2-20)31(45)39-12-9-30(43)44)21-10-13-41(14-11-21)32(46)23-5-7-27(8-6-23)47-33(36,37)38/h1-5,7-8,15-18,21,23H,6,9-14,19H2,(H,39,45)(H,43,44). The van der Waals surface area contributed by atoms with Crippen molar-refractivity contribution in [1.29, 1.82) is 0 Å². The summed E-state index contributed by atoms with van der Waals surface area (Å²) in [6.45, 7) is 1.36. The van der Waals surface area contributed by atoms with Gasteiger partial charge in [-0.15, -0.1) is 13.2 Å². The van der Waals surface area contributed by atoms with Crippen molar-refractivity contribution >= 4 is 41.0 Å². The Kier molecular flexibility index (Phi) is 10.6. The van der Waals surface area contributed by atoms with Crippen molar-refractivity contribution in [2.45, 2.75) is 44.5 Å². The maximum atomic E-state index is 13.2. The lowest BCUT2D eigenvalue weighted by Gasteiger charge is -2.34. The number of ether oxygens (including phenoxy) is 1. The molecule has 1 fully saturated rings. The van der Waals surface area contributed by atoms with Gasteiger partial charge < -0.3 is 20.1 Å². The Hall–Kier alpha value is -4.29. The van der Waals surface area contributed by atoms with Gasteiger partial charge in [0.2, 0.25) is 5.91 Å². The number of piperidine rings is 1. The van der Waals surface area contributed by atoms with E-state index in [0.717, 1.165) is 16.8 Å². The van der Waals surface area contributed by atoms with Crippen molar-refractivity contribution in [3.63, 3.8) is 0 Å². The summed E-state index contributed by atoms with van der Waals surface area (Å²) in [5.41, 5.74) is 3.65. The molecule has 2 N–H and O–H groups in total. The number of benzene rings is 2. The Morgan fingerprint density at radius 2 is 1.70 bits per heavy atom. The molecule has 2 amide bonds. The van der Waals surface area contributed by atoms with Crippen LogP contribution in [-0.4, -0.2) is 63.6 Å². The number of nitrogens with zero attached hydrogens (tertiary/aromatic N) is 3. The molecule has 3 aromatic rings. The monoisotopic (exact) mass is 690 g/mol. The van der Waals surface area contributed by atoms with Gasteiger partial charge in [0.05, 0.1) is 24.6 Å². The molecule has 2 aromatic carbocycles. The SMILES string of the molecule is O=C(O)CCNC(=O)c1ccc(Cn2nc(-c3cc(Cl)cc(Cl)c3)cc2C2CCN(C(=O)C3C=CC(OC(F)(F)F)=CC3)CC2)cc1. The van der Waals surface area contributed by atoms with Crippen LogP contribution >= 0.6 is 23.2 Å². The number of hydrogen-bond donors (Lipinski definition) is 2. The molecule has 9 nitrogen and oxygen atoms in total.